The molecule has 1 aromatic carbocycles. The lowest BCUT2D eigenvalue weighted by molar-refractivity contribution is -0.0850. The highest BCUT2D eigenvalue weighted by molar-refractivity contribution is 6.74. The van der Waals surface area contributed by atoms with E-state index in [1.54, 1.807) is 0 Å². The van der Waals surface area contributed by atoms with Crippen molar-refractivity contribution in [2.24, 2.45) is 0 Å². The van der Waals surface area contributed by atoms with E-state index in [9.17, 15) is 5.11 Å². The molecule has 0 amide bonds. The van der Waals surface area contributed by atoms with Gasteiger partial charge >= 0.3 is 0 Å². The molecule has 0 radical (unpaired) electrons. The summed E-state index contributed by atoms with van der Waals surface area (Å²) in [7, 11) is -1.85. The molecule has 3 rings (SSSR count). The van der Waals surface area contributed by atoms with Gasteiger partial charge in [0, 0.05) is 12.2 Å². The number of aliphatic hydroxyl groups excluding tert-OH is 1. The number of ether oxygens (including phenoxy) is 3. The van der Waals surface area contributed by atoms with Crippen LogP contribution in [0.4, 0.5) is 0 Å². The Morgan fingerprint density at radius 2 is 1.69 bits per heavy atom. The summed E-state index contributed by atoms with van der Waals surface area (Å²) < 4.78 is 25.0. The number of hydrogen-bond acceptors (Lipinski definition) is 5. The standard InChI is InChI=1S/C23H38O5Si/c1-23(2,3)29(4,5)28-20-12-9-15-25-18(20)13-14-19-21(16-24)27-22(26-19)17-10-7-6-8-11-17/h6-8,10-11,18-22,24H,9,12-16H2,1-5H3/t18-,19+,20+,21-,22?/m1/s1. The van der Waals surface area contributed by atoms with E-state index < -0.39 is 14.6 Å². The predicted molar refractivity (Wildman–Crippen MR) is 116 cm³/mol. The third kappa shape index (κ3) is 5.69. The second-order valence-corrected chi connectivity index (χ2v) is 14.6. The van der Waals surface area contributed by atoms with Crippen LogP contribution in [-0.4, -0.2) is 51.1 Å². The van der Waals surface area contributed by atoms with Gasteiger partial charge < -0.3 is 23.7 Å². The molecule has 2 aliphatic heterocycles. The van der Waals surface area contributed by atoms with E-state index in [2.05, 4.69) is 33.9 Å². The molecule has 5 nitrogen and oxygen atoms in total. The van der Waals surface area contributed by atoms with Crippen LogP contribution in [0.2, 0.25) is 18.1 Å². The average molecular weight is 423 g/mol. The van der Waals surface area contributed by atoms with Crippen molar-refractivity contribution in [1.82, 2.24) is 0 Å². The van der Waals surface area contributed by atoms with Crippen molar-refractivity contribution in [2.75, 3.05) is 13.2 Å². The van der Waals surface area contributed by atoms with Gasteiger partial charge in [-0.2, -0.15) is 0 Å². The topological polar surface area (TPSA) is 57.2 Å². The normalized spacial score (nSPS) is 31.2. The van der Waals surface area contributed by atoms with Gasteiger partial charge in [0.15, 0.2) is 14.6 Å². The smallest absolute Gasteiger partial charge is 0.192 e. The number of hydrogen-bond donors (Lipinski definition) is 1. The minimum Gasteiger partial charge on any atom is -0.411 e. The first-order valence-electron chi connectivity index (χ1n) is 11.0. The first-order valence-corrected chi connectivity index (χ1v) is 13.9. The molecule has 29 heavy (non-hydrogen) atoms. The van der Waals surface area contributed by atoms with Gasteiger partial charge in [-0.15, -0.1) is 0 Å². The highest BCUT2D eigenvalue weighted by Gasteiger charge is 2.42. The van der Waals surface area contributed by atoms with E-state index in [1.807, 2.05) is 30.3 Å². The number of benzene rings is 1. The van der Waals surface area contributed by atoms with E-state index in [-0.39, 0.29) is 36.1 Å². The quantitative estimate of drug-likeness (QED) is 0.639. The predicted octanol–water partition coefficient (Wildman–Crippen LogP) is 4.81. The Balaban J connectivity index is 1.59. The van der Waals surface area contributed by atoms with Gasteiger partial charge in [-0.1, -0.05) is 51.1 Å². The molecule has 164 valence electrons. The summed E-state index contributed by atoms with van der Waals surface area (Å²) in [6.07, 6.45) is 3.12. The Hall–Kier alpha value is -0.763. The molecule has 2 fully saturated rings. The molecule has 0 aromatic heterocycles. The SMILES string of the molecule is CC(C)(C)[Si](C)(C)O[C@H]1CCCO[C@@H]1CC[C@@H]1OC(c2ccccc2)O[C@@H]1CO. The molecule has 5 atom stereocenters. The molecule has 2 aliphatic rings. The fraction of sp³-hybridized carbons (Fsp3) is 0.739. The summed E-state index contributed by atoms with van der Waals surface area (Å²) in [6, 6.07) is 9.91. The maximum Gasteiger partial charge on any atom is 0.192 e. The third-order valence-corrected chi connectivity index (χ3v) is 11.1. The van der Waals surface area contributed by atoms with Gasteiger partial charge in [-0.25, -0.2) is 0 Å². The van der Waals surface area contributed by atoms with Gasteiger partial charge in [0.25, 0.3) is 0 Å². The van der Waals surface area contributed by atoms with E-state index in [4.69, 9.17) is 18.6 Å². The Morgan fingerprint density at radius 1 is 1.03 bits per heavy atom. The monoisotopic (exact) mass is 422 g/mol. The van der Waals surface area contributed by atoms with Crippen LogP contribution in [0.1, 0.15) is 58.3 Å². The molecule has 1 N–H and O–H groups in total. The molecule has 6 heteroatoms. The van der Waals surface area contributed by atoms with Crippen molar-refractivity contribution in [3.05, 3.63) is 35.9 Å². The Kier molecular flexibility index (Phi) is 7.57. The van der Waals surface area contributed by atoms with Gasteiger partial charge in [0.2, 0.25) is 0 Å². The Labute approximate surface area is 176 Å². The lowest BCUT2D eigenvalue weighted by Crippen LogP contribution is -2.49. The summed E-state index contributed by atoms with van der Waals surface area (Å²) in [4.78, 5) is 0. The fourth-order valence-corrected chi connectivity index (χ4v) is 5.19. The summed E-state index contributed by atoms with van der Waals surface area (Å²) >= 11 is 0. The fourth-order valence-electron chi connectivity index (χ4n) is 3.81. The van der Waals surface area contributed by atoms with Gasteiger partial charge in [0.1, 0.15) is 6.10 Å². The van der Waals surface area contributed by atoms with Crippen molar-refractivity contribution in [1.29, 1.82) is 0 Å². The summed E-state index contributed by atoms with van der Waals surface area (Å²) in [5.74, 6) is 0. The molecule has 0 bridgehead atoms. The van der Waals surface area contributed by atoms with E-state index in [0.717, 1.165) is 37.9 Å². The molecule has 0 spiro atoms. The lowest BCUT2D eigenvalue weighted by atomic mass is 9.98. The highest BCUT2D eigenvalue weighted by Crippen LogP contribution is 2.40. The average Bonchev–Trinajstić information content (AvgIpc) is 3.10. The summed E-state index contributed by atoms with van der Waals surface area (Å²) in [6.45, 7) is 12.2. The molecule has 1 unspecified atom stereocenters. The van der Waals surface area contributed by atoms with Crippen LogP contribution in [0.3, 0.4) is 0 Å². The van der Waals surface area contributed by atoms with Crippen LogP contribution >= 0.6 is 0 Å². The summed E-state index contributed by atoms with van der Waals surface area (Å²) in [5.41, 5.74) is 0.988. The first kappa shape index (κ1) is 22.9. The number of aliphatic hydroxyl groups is 1. The first-order chi connectivity index (χ1) is 13.7. The summed E-state index contributed by atoms with van der Waals surface area (Å²) in [5, 5.41) is 9.96. The van der Waals surface area contributed by atoms with E-state index in [1.165, 1.54) is 0 Å². The van der Waals surface area contributed by atoms with E-state index in [0.29, 0.717) is 0 Å². The molecular weight excluding hydrogens is 384 g/mol. The maximum atomic E-state index is 9.78. The Morgan fingerprint density at radius 3 is 2.34 bits per heavy atom. The molecule has 0 aliphatic carbocycles. The zero-order valence-electron chi connectivity index (χ0n) is 18.6. The zero-order valence-corrected chi connectivity index (χ0v) is 19.6. The van der Waals surface area contributed by atoms with Crippen LogP contribution in [0.15, 0.2) is 30.3 Å². The van der Waals surface area contributed by atoms with Crippen LogP contribution in [0, 0.1) is 0 Å². The number of rotatable bonds is 7. The maximum absolute atomic E-state index is 9.78. The molecule has 1 aromatic rings. The lowest BCUT2D eigenvalue weighted by Gasteiger charge is -2.43. The minimum atomic E-state index is -1.85. The van der Waals surface area contributed by atoms with Gasteiger partial charge in [-0.05, 0) is 43.8 Å². The van der Waals surface area contributed by atoms with Gasteiger partial charge in [0.05, 0.1) is 24.9 Å². The van der Waals surface area contributed by atoms with Crippen molar-refractivity contribution in [3.8, 4) is 0 Å². The molecule has 2 saturated heterocycles. The highest BCUT2D eigenvalue weighted by atomic mass is 28.4. The van der Waals surface area contributed by atoms with Crippen LogP contribution in [-0.2, 0) is 18.6 Å². The molecular formula is C23H38O5Si. The molecule has 0 saturated carbocycles. The van der Waals surface area contributed by atoms with Crippen molar-refractivity contribution in [3.63, 3.8) is 0 Å². The zero-order chi connectivity index (χ0) is 21.1. The largest absolute Gasteiger partial charge is 0.411 e. The third-order valence-electron chi connectivity index (χ3n) is 6.63. The minimum absolute atomic E-state index is 0.0383. The van der Waals surface area contributed by atoms with Crippen molar-refractivity contribution < 1.29 is 23.7 Å². The molecule has 2 heterocycles. The Bertz CT molecular complexity index is 630. The van der Waals surface area contributed by atoms with Crippen LogP contribution in [0.5, 0.6) is 0 Å². The van der Waals surface area contributed by atoms with E-state index >= 15 is 0 Å². The second kappa shape index (κ2) is 9.58. The van der Waals surface area contributed by atoms with Crippen LogP contribution in [0.25, 0.3) is 0 Å². The van der Waals surface area contributed by atoms with Crippen molar-refractivity contribution >= 4 is 8.32 Å². The van der Waals surface area contributed by atoms with Crippen molar-refractivity contribution in [2.45, 2.75) is 95.3 Å². The second-order valence-electron chi connectivity index (χ2n) is 9.82. The van der Waals surface area contributed by atoms with Crippen LogP contribution < -0.4 is 0 Å². The van der Waals surface area contributed by atoms with Gasteiger partial charge in [-0.3, -0.25) is 0 Å².